The van der Waals surface area contributed by atoms with Gasteiger partial charge in [0.25, 0.3) is 0 Å². The van der Waals surface area contributed by atoms with Crippen LogP contribution in [0.25, 0.3) is 0 Å². The first kappa shape index (κ1) is 23.9. The Hall–Kier alpha value is -0.0800. The van der Waals surface area contributed by atoms with Gasteiger partial charge >= 0.3 is 0 Å². The van der Waals surface area contributed by atoms with Crippen molar-refractivity contribution in [2.45, 2.75) is 123 Å². The first-order valence-corrected chi connectivity index (χ1v) is 11.1. The second kappa shape index (κ2) is 19.2. The van der Waals surface area contributed by atoms with Crippen LogP contribution < -0.4 is 0 Å². The Bertz CT molecular complexity index is 210. The number of nitrogens with zero attached hydrogens (tertiary/aromatic N) is 1. The van der Waals surface area contributed by atoms with Gasteiger partial charge in [-0.15, -0.1) is 0 Å². The number of unbranched alkanes of at least 4 members (excludes halogenated alkanes) is 12. The lowest BCUT2D eigenvalue weighted by Gasteiger charge is -2.30. The number of aliphatic hydroxyl groups excluding tert-OH is 1. The number of aliphatic hydroxyl groups is 1. The molecule has 0 amide bonds. The van der Waals surface area contributed by atoms with Crippen LogP contribution in [0, 0.1) is 0 Å². The van der Waals surface area contributed by atoms with Gasteiger partial charge in [0, 0.05) is 6.04 Å². The summed E-state index contributed by atoms with van der Waals surface area (Å²) in [5.41, 5.74) is 0. The molecule has 2 heteroatoms. The first-order valence-electron chi connectivity index (χ1n) is 11.1. The molecule has 2 nitrogen and oxygen atoms in total. The minimum absolute atomic E-state index is 0.323. The average molecular weight is 342 g/mol. The fourth-order valence-corrected chi connectivity index (χ4v) is 3.52. The maximum atomic E-state index is 9.65. The van der Waals surface area contributed by atoms with Crippen molar-refractivity contribution in [3.05, 3.63) is 0 Å². The van der Waals surface area contributed by atoms with Crippen molar-refractivity contribution in [1.29, 1.82) is 0 Å². The van der Waals surface area contributed by atoms with Crippen LogP contribution in [0.5, 0.6) is 0 Å². The Morgan fingerprint density at radius 2 is 0.958 bits per heavy atom. The molecular weight excluding hydrogens is 294 g/mol. The molecule has 0 radical (unpaired) electrons. The highest BCUT2D eigenvalue weighted by atomic mass is 16.3. The second-order valence-corrected chi connectivity index (χ2v) is 7.52. The minimum Gasteiger partial charge on any atom is -0.395 e. The minimum atomic E-state index is 0.323. The number of rotatable bonds is 19. The average Bonchev–Trinajstić information content (AvgIpc) is 2.60. The third kappa shape index (κ3) is 14.3. The van der Waals surface area contributed by atoms with Gasteiger partial charge < -0.3 is 5.11 Å². The summed E-state index contributed by atoms with van der Waals surface area (Å²) in [6.07, 6.45) is 20.3. The molecule has 1 atom stereocenters. The van der Waals surface area contributed by atoms with Crippen molar-refractivity contribution in [3.63, 3.8) is 0 Å². The van der Waals surface area contributed by atoms with Crippen molar-refractivity contribution >= 4 is 0 Å². The number of hydrogen-bond donors (Lipinski definition) is 1. The summed E-state index contributed by atoms with van der Waals surface area (Å²) < 4.78 is 0. The molecule has 0 bridgehead atoms. The molecule has 0 aliphatic rings. The molecule has 0 aromatic heterocycles. The van der Waals surface area contributed by atoms with E-state index in [0.29, 0.717) is 12.6 Å². The lowest BCUT2D eigenvalue weighted by Crippen LogP contribution is -2.39. The SMILES string of the molecule is CCCCCCCCCN(CCCCCCCCC)C(CC)CO. The van der Waals surface area contributed by atoms with Crippen molar-refractivity contribution in [3.8, 4) is 0 Å². The lowest BCUT2D eigenvalue weighted by atomic mass is 10.1. The van der Waals surface area contributed by atoms with Crippen LogP contribution in [0.4, 0.5) is 0 Å². The summed E-state index contributed by atoms with van der Waals surface area (Å²) in [7, 11) is 0. The topological polar surface area (TPSA) is 23.5 Å². The summed E-state index contributed by atoms with van der Waals surface area (Å²) in [5.74, 6) is 0. The fraction of sp³-hybridized carbons (Fsp3) is 1.00. The summed E-state index contributed by atoms with van der Waals surface area (Å²) in [6, 6.07) is 0.380. The molecule has 0 fully saturated rings. The van der Waals surface area contributed by atoms with Crippen LogP contribution in [0.1, 0.15) is 117 Å². The molecule has 146 valence electrons. The highest BCUT2D eigenvalue weighted by Gasteiger charge is 2.14. The van der Waals surface area contributed by atoms with Crippen LogP contribution in [0.2, 0.25) is 0 Å². The van der Waals surface area contributed by atoms with Gasteiger partial charge in [-0.3, -0.25) is 4.90 Å². The highest BCUT2D eigenvalue weighted by molar-refractivity contribution is 4.70. The van der Waals surface area contributed by atoms with E-state index >= 15 is 0 Å². The van der Waals surface area contributed by atoms with E-state index in [1.165, 1.54) is 103 Å². The van der Waals surface area contributed by atoms with E-state index in [4.69, 9.17) is 0 Å². The smallest absolute Gasteiger partial charge is 0.0586 e. The predicted octanol–water partition coefficient (Wildman–Crippen LogP) is 6.56. The van der Waals surface area contributed by atoms with Gasteiger partial charge in [0.15, 0.2) is 0 Å². The maximum absolute atomic E-state index is 9.65. The Labute approximate surface area is 153 Å². The third-order valence-corrected chi connectivity index (χ3v) is 5.30. The van der Waals surface area contributed by atoms with Crippen LogP contribution in [0.15, 0.2) is 0 Å². The summed E-state index contributed by atoms with van der Waals surface area (Å²) >= 11 is 0. The monoisotopic (exact) mass is 341 g/mol. The molecule has 0 aliphatic carbocycles. The zero-order valence-electron chi connectivity index (χ0n) is 17.2. The van der Waals surface area contributed by atoms with Gasteiger partial charge in [0.05, 0.1) is 6.61 Å². The van der Waals surface area contributed by atoms with E-state index in [9.17, 15) is 5.11 Å². The van der Waals surface area contributed by atoms with Gasteiger partial charge in [-0.1, -0.05) is 97.8 Å². The van der Waals surface area contributed by atoms with Gasteiger partial charge in [-0.25, -0.2) is 0 Å². The Balaban J connectivity index is 3.81. The van der Waals surface area contributed by atoms with Crippen molar-refractivity contribution in [2.24, 2.45) is 0 Å². The van der Waals surface area contributed by atoms with Crippen LogP contribution in [-0.2, 0) is 0 Å². The Morgan fingerprint density at radius 3 is 1.29 bits per heavy atom. The zero-order valence-corrected chi connectivity index (χ0v) is 17.2. The Kier molecular flexibility index (Phi) is 19.2. The molecule has 1 N–H and O–H groups in total. The zero-order chi connectivity index (χ0) is 17.9. The normalized spacial score (nSPS) is 12.9. The van der Waals surface area contributed by atoms with Crippen molar-refractivity contribution < 1.29 is 5.11 Å². The molecule has 0 saturated carbocycles. The van der Waals surface area contributed by atoms with Crippen LogP contribution >= 0.6 is 0 Å². The van der Waals surface area contributed by atoms with E-state index < -0.39 is 0 Å². The maximum Gasteiger partial charge on any atom is 0.0586 e. The van der Waals surface area contributed by atoms with Crippen molar-refractivity contribution in [2.75, 3.05) is 19.7 Å². The number of hydrogen-bond acceptors (Lipinski definition) is 2. The van der Waals surface area contributed by atoms with Gasteiger partial charge in [0.1, 0.15) is 0 Å². The van der Waals surface area contributed by atoms with E-state index in [-0.39, 0.29) is 0 Å². The van der Waals surface area contributed by atoms with E-state index in [0.717, 1.165) is 6.42 Å². The highest BCUT2D eigenvalue weighted by Crippen LogP contribution is 2.13. The van der Waals surface area contributed by atoms with Crippen LogP contribution in [-0.4, -0.2) is 35.7 Å². The molecule has 0 saturated heterocycles. The molecule has 24 heavy (non-hydrogen) atoms. The van der Waals surface area contributed by atoms with Gasteiger partial charge in [-0.05, 0) is 32.4 Å². The van der Waals surface area contributed by atoms with Crippen LogP contribution in [0.3, 0.4) is 0 Å². The summed E-state index contributed by atoms with van der Waals surface area (Å²) in [6.45, 7) is 9.46. The summed E-state index contributed by atoms with van der Waals surface area (Å²) in [4.78, 5) is 2.57. The predicted molar refractivity (Wildman–Crippen MR) is 109 cm³/mol. The van der Waals surface area contributed by atoms with E-state index in [2.05, 4.69) is 25.7 Å². The molecule has 1 unspecified atom stereocenters. The molecule has 0 heterocycles. The van der Waals surface area contributed by atoms with Gasteiger partial charge in [0.2, 0.25) is 0 Å². The largest absolute Gasteiger partial charge is 0.395 e. The molecular formula is C22H47NO. The molecule has 0 aromatic rings. The molecule has 0 spiro atoms. The first-order chi connectivity index (χ1) is 11.8. The molecule has 0 aromatic carbocycles. The summed E-state index contributed by atoms with van der Waals surface area (Å²) in [5, 5.41) is 9.65. The standard InChI is InChI=1S/C22H47NO/c1-4-7-9-11-13-15-17-19-23(22(6-3)21-24)20-18-16-14-12-10-8-5-2/h22,24H,4-21H2,1-3H3. The van der Waals surface area contributed by atoms with Gasteiger partial charge in [-0.2, -0.15) is 0 Å². The lowest BCUT2D eigenvalue weighted by molar-refractivity contribution is 0.115. The van der Waals surface area contributed by atoms with E-state index in [1.807, 2.05) is 0 Å². The Morgan fingerprint density at radius 1 is 0.583 bits per heavy atom. The van der Waals surface area contributed by atoms with E-state index in [1.54, 1.807) is 0 Å². The molecule has 0 rings (SSSR count). The van der Waals surface area contributed by atoms with Crippen molar-refractivity contribution in [1.82, 2.24) is 4.90 Å². The molecule has 0 aliphatic heterocycles. The second-order valence-electron chi connectivity index (χ2n) is 7.52. The fourth-order valence-electron chi connectivity index (χ4n) is 3.52. The third-order valence-electron chi connectivity index (χ3n) is 5.30. The quantitative estimate of drug-likeness (QED) is 0.269.